The highest BCUT2D eigenvalue weighted by molar-refractivity contribution is 5.88. The van der Waals surface area contributed by atoms with E-state index in [1.165, 1.54) is 0 Å². The summed E-state index contributed by atoms with van der Waals surface area (Å²) < 4.78 is 0. The lowest BCUT2D eigenvalue weighted by molar-refractivity contribution is -0.317. The van der Waals surface area contributed by atoms with Crippen LogP contribution in [0, 0.1) is 11.8 Å². The van der Waals surface area contributed by atoms with Crippen LogP contribution in [0.4, 0.5) is 0 Å². The number of carboxylic acid groups (broad SMARTS) is 2. The van der Waals surface area contributed by atoms with Gasteiger partial charge in [0.05, 0.1) is 18.4 Å². The van der Waals surface area contributed by atoms with Crippen molar-refractivity contribution in [2.75, 3.05) is 6.54 Å². The van der Waals surface area contributed by atoms with Crippen LogP contribution >= 0.6 is 0 Å². The summed E-state index contributed by atoms with van der Waals surface area (Å²) in [5.41, 5.74) is 1.42. The molecule has 26 heavy (non-hydrogen) atoms. The second-order valence-corrected chi connectivity index (χ2v) is 6.33. The summed E-state index contributed by atoms with van der Waals surface area (Å²) in [6.07, 6.45) is 0. The van der Waals surface area contributed by atoms with Gasteiger partial charge in [0, 0.05) is 23.7 Å². The van der Waals surface area contributed by atoms with E-state index in [2.05, 4.69) is 5.32 Å². The molecular weight excluding hydrogens is 334 g/mol. The Labute approximate surface area is 150 Å². The van der Waals surface area contributed by atoms with Crippen molar-refractivity contribution in [1.29, 1.82) is 0 Å². The second-order valence-electron chi connectivity index (χ2n) is 6.33. The molecule has 134 valence electrons. The molecule has 1 aliphatic carbocycles. The SMILES string of the molecule is O=C([O-])CNC(=O)C1[C@@H](c2ccccc2)C(C(=O)[O-])[C@@H]1c1ccccc1. The Balaban J connectivity index is 1.99. The standard InChI is InChI=1S/C20H19NO5/c22-14(23)11-21-19(24)17-15(12-7-3-1-4-8-12)18(20(25)26)16(17)13-9-5-2-6-10-13/h1-10,15-18H,11H2,(H,21,24)(H,22,23)(H,25,26)/p-2/t15-,16-,17?,18?/m1/s1. The van der Waals surface area contributed by atoms with E-state index < -0.39 is 48.1 Å². The molecular formula is C20H17NO5-2. The molecule has 0 heterocycles. The number of carbonyl (C=O) groups is 3. The van der Waals surface area contributed by atoms with E-state index in [1.807, 2.05) is 0 Å². The molecule has 0 aromatic heterocycles. The Kier molecular flexibility index (Phi) is 5.02. The van der Waals surface area contributed by atoms with Gasteiger partial charge in [-0.3, -0.25) is 4.79 Å². The highest BCUT2D eigenvalue weighted by Gasteiger charge is 2.55. The first-order valence-electron chi connectivity index (χ1n) is 8.29. The topological polar surface area (TPSA) is 109 Å². The third-order valence-electron chi connectivity index (χ3n) is 4.90. The van der Waals surface area contributed by atoms with Crippen LogP contribution in [0.3, 0.4) is 0 Å². The number of carbonyl (C=O) groups excluding carboxylic acids is 3. The fraction of sp³-hybridized carbons (Fsp3) is 0.250. The average molecular weight is 351 g/mol. The molecule has 1 fully saturated rings. The molecule has 2 aromatic rings. The summed E-state index contributed by atoms with van der Waals surface area (Å²) in [6, 6.07) is 17.7. The summed E-state index contributed by atoms with van der Waals surface area (Å²) in [7, 11) is 0. The number of carboxylic acids is 2. The summed E-state index contributed by atoms with van der Waals surface area (Å²) in [4.78, 5) is 35.2. The summed E-state index contributed by atoms with van der Waals surface area (Å²) in [6.45, 7) is -0.617. The van der Waals surface area contributed by atoms with E-state index in [0.29, 0.717) is 11.1 Å². The van der Waals surface area contributed by atoms with Crippen molar-refractivity contribution in [1.82, 2.24) is 5.32 Å². The fourth-order valence-corrected chi connectivity index (χ4v) is 3.82. The molecule has 0 unspecified atom stereocenters. The summed E-state index contributed by atoms with van der Waals surface area (Å²) in [5.74, 6) is -5.89. The molecule has 2 atom stereocenters. The maximum absolute atomic E-state index is 12.6. The van der Waals surface area contributed by atoms with Gasteiger partial charge in [-0.05, 0) is 11.1 Å². The van der Waals surface area contributed by atoms with Crippen LogP contribution in [0.1, 0.15) is 23.0 Å². The Hall–Kier alpha value is -3.15. The van der Waals surface area contributed by atoms with Gasteiger partial charge in [-0.1, -0.05) is 60.7 Å². The molecule has 0 saturated heterocycles. The predicted octanol–water partition coefficient (Wildman–Crippen LogP) is -0.584. The van der Waals surface area contributed by atoms with Crippen LogP contribution in [0.25, 0.3) is 0 Å². The Morgan fingerprint density at radius 2 is 1.23 bits per heavy atom. The van der Waals surface area contributed by atoms with E-state index in [9.17, 15) is 24.6 Å². The van der Waals surface area contributed by atoms with Gasteiger partial charge in [0.25, 0.3) is 0 Å². The van der Waals surface area contributed by atoms with Crippen molar-refractivity contribution in [3.63, 3.8) is 0 Å². The minimum Gasteiger partial charge on any atom is -0.550 e. The van der Waals surface area contributed by atoms with Crippen molar-refractivity contribution < 1.29 is 24.6 Å². The third kappa shape index (κ3) is 3.31. The van der Waals surface area contributed by atoms with E-state index in [1.54, 1.807) is 60.7 Å². The monoisotopic (exact) mass is 351 g/mol. The van der Waals surface area contributed by atoms with Crippen LogP contribution in [0.2, 0.25) is 0 Å². The highest BCUT2D eigenvalue weighted by atomic mass is 16.4. The van der Waals surface area contributed by atoms with Crippen LogP contribution in [0.5, 0.6) is 0 Å². The molecule has 0 spiro atoms. The molecule has 0 aliphatic heterocycles. The molecule has 1 N–H and O–H groups in total. The van der Waals surface area contributed by atoms with Gasteiger partial charge >= 0.3 is 0 Å². The van der Waals surface area contributed by atoms with Crippen LogP contribution < -0.4 is 15.5 Å². The first kappa shape index (κ1) is 17.7. The fourth-order valence-electron chi connectivity index (χ4n) is 3.82. The van der Waals surface area contributed by atoms with Crippen LogP contribution in [0.15, 0.2) is 60.7 Å². The van der Waals surface area contributed by atoms with Gasteiger partial charge in [0.1, 0.15) is 0 Å². The van der Waals surface area contributed by atoms with E-state index in [4.69, 9.17) is 0 Å². The van der Waals surface area contributed by atoms with Gasteiger partial charge in [0.15, 0.2) is 0 Å². The summed E-state index contributed by atoms with van der Waals surface area (Å²) >= 11 is 0. The van der Waals surface area contributed by atoms with Crippen LogP contribution in [-0.2, 0) is 14.4 Å². The zero-order valence-corrected chi connectivity index (χ0v) is 13.8. The first-order valence-corrected chi connectivity index (χ1v) is 8.29. The lowest BCUT2D eigenvalue weighted by Gasteiger charge is -2.52. The van der Waals surface area contributed by atoms with Crippen LogP contribution in [-0.4, -0.2) is 24.4 Å². The number of aliphatic carboxylic acids is 2. The molecule has 1 amide bonds. The number of hydrogen-bond donors (Lipinski definition) is 1. The van der Waals surface area contributed by atoms with Crippen molar-refractivity contribution in [2.45, 2.75) is 11.8 Å². The van der Waals surface area contributed by atoms with Gasteiger partial charge in [-0.2, -0.15) is 0 Å². The zero-order chi connectivity index (χ0) is 18.7. The molecule has 1 aliphatic rings. The lowest BCUT2D eigenvalue weighted by atomic mass is 9.52. The van der Waals surface area contributed by atoms with Gasteiger partial charge in [-0.25, -0.2) is 0 Å². The first-order chi connectivity index (χ1) is 12.5. The van der Waals surface area contributed by atoms with Gasteiger partial charge < -0.3 is 25.1 Å². The van der Waals surface area contributed by atoms with Crippen molar-refractivity contribution >= 4 is 17.8 Å². The lowest BCUT2D eigenvalue weighted by Crippen LogP contribution is -2.57. The Bertz CT molecular complexity index is 758. The average Bonchev–Trinajstić information content (AvgIpc) is 2.60. The number of nitrogens with one attached hydrogen (secondary N) is 1. The quantitative estimate of drug-likeness (QED) is 0.749. The molecule has 2 aromatic carbocycles. The van der Waals surface area contributed by atoms with Crippen molar-refractivity contribution in [2.24, 2.45) is 11.8 Å². The number of benzene rings is 2. The highest BCUT2D eigenvalue weighted by Crippen LogP contribution is 2.57. The molecule has 3 rings (SSSR count). The van der Waals surface area contributed by atoms with Crippen molar-refractivity contribution in [3.05, 3.63) is 71.8 Å². The van der Waals surface area contributed by atoms with E-state index in [0.717, 1.165) is 0 Å². The number of hydrogen-bond acceptors (Lipinski definition) is 5. The molecule has 6 heteroatoms. The predicted molar refractivity (Wildman–Crippen MR) is 88.4 cm³/mol. The van der Waals surface area contributed by atoms with Gasteiger partial charge in [0.2, 0.25) is 5.91 Å². The van der Waals surface area contributed by atoms with E-state index >= 15 is 0 Å². The zero-order valence-electron chi connectivity index (χ0n) is 13.8. The third-order valence-corrected chi connectivity index (χ3v) is 4.90. The normalized spacial score (nSPS) is 24.3. The Morgan fingerprint density at radius 1 is 0.769 bits per heavy atom. The largest absolute Gasteiger partial charge is 0.550 e. The molecule has 6 nitrogen and oxygen atoms in total. The summed E-state index contributed by atoms with van der Waals surface area (Å²) in [5, 5.41) is 24.8. The molecule has 1 saturated carbocycles. The van der Waals surface area contributed by atoms with Crippen molar-refractivity contribution in [3.8, 4) is 0 Å². The van der Waals surface area contributed by atoms with E-state index in [-0.39, 0.29) is 0 Å². The maximum Gasteiger partial charge on any atom is 0.224 e. The maximum atomic E-state index is 12.6. The number of rotatable bonds is 6. The number of amides is 1. The Morgan fingerprint density at radius 3 is 1.62 bits per heavy atom. The minimum absolute atomic E-state index is 0.505. The molecule has 0 bridgehead atoms. The molecule has 0 radical (unpaired) electrons. The van der Waals surface area contributed by atoms with Gasteiger partial charge in [-0.15, -0.1) is 0 Å². The smallest absolute Gasteiger partial charge is 0.224 e. The minimum atomic E-state index is -1.40. The second kappa shape index (κ2) is 7.39.